The summed E-state index contributed by atoms with van der Waals surface area (Å²) in [5.74, 6) is 2.69. The van der Waals surface area contributed by atoms with Gasteiger partial charge in [-0.3, -0.25) is 0 Å². The van der Waals surface area contributed by atoms with Crippen molar-refractivity contribution in [3.63, 3.8) is 0 Å². The van der Waals surface area contributed by atoms with Gasteiger partial charge in [-0.15, -0.1) is 0 Å². The molecule has 1 fully saturated rings. The van der Waals surface area contributed by atoms with E-state index in [1.54, 1.807) is 14.2 Å². The molecule has 1 aliphatic rings. The first-order valence-corrected chi connectivity index (χ1v) is 8.35. The molecule has 5 nitrogen and oxygen atoms in total. The Bertz CT molecular complexity index is 660. The van der Waals surface area contributed by atoms with Crippen molar-refractivity contribution in [2.75, 3.05) is 37.5 Å². The van der Waals surface area contributed by atoms with Crippen LogP contribution in [0.25, 0.3) is 0 Å². The van der Waals surface area contributed by atoms with Crippen LogP contribution in [0.1, 0.15) is 18.4 Å². The molecule has 2 aromatic rings. The third-order valence-corrected chi connectivity index (χ3v) is 4.44. The molecule has 24 heavy (non-hydrogen) atoms. The first kappa shape index (κ1) is 16.4. The molecule has 0 amide bonds. The molecule has 2 heterocycles. The minimum atomic E-state index is 0.447. The molecule has 0 spiro atoms. The predicted molar refractivity (Wildman–Crippen MR) is 97.4 cm³/mol. The fraction of sp³-hybridized carbons (Fsp3) is 0.421. The van der Waals surface area contributed by atoms with Gasteiger partial charge in [-0.1, -0.05) is 0 Å². The third-order valence-electron chi connectivity index (χ3n) is 4.44. The summed E-state index contributed by atoms with van der Waals surface area (Å²) in [5, 5.41) is 3.61. The van der Waals surface area contributed by atoms with Crippen LogP contribution in [0, 0.1) is 6.92 Å². The Morgan fingerprint density at radius 2 is 1.71 bits per heavy atom. The van der Waals surface area contributed by atoms with E-state index in [4.69, 9.17) is 9.47 Å². The van der Waals surface area contributed by atoms with Crippen molar-refractivity contribution in [3.8, 4) is 11.5 Å². The van der Waals surface area contributed by atoms with Crippen molar-refractivity contribution in [2.24, 2.45) is 0 Å². The predicted octanol–water partition coefficient (Wildman–Crippen LogP) is 3.49. The molecule has 1 aliphatic heterocycles. The molecule has 1 saturated heterocycles. The summed E-state index contributed by atoms with van der Waals surface area (Å²) in [6.45, 7) is 4.13. The molecule has 1 aromatic carbocycles. The molecule has 128 valence electrons. The number of hydrogen-bond acceptors (Lipinski definition) is 5. The summed E-state index contributed by atoms with van der Waals surface area (Å²) in [6.07, 6.45) is 4.04. The van der Waals surface area contributed by atoms with Crippen molar-refractivity contribution in [1.29, 1.82) is 0 Å². The fourth-order valence-corrected chi connectivity index (χ4v) is 3.07. The number of rotatable bonds is 5. The maximum atomic E-state index is 5.34. The Kier molecular flexibility index (Phi) is 5.08. The molecule has 1 N–H and O–H groups in total. The maximum Gasteiger partial charge on any atom is 0.128 e. The third kappa shape index (κ3) is 3.91. The van der Waals surface area contributed by atoms with Crippen LogP contribution >= 0.6 is 0 Å². The van der Waals surface area contributed by atoms with Gasteiger partial charge in [0.15, 0.2) is 0 Å². The highest BCUT2D eigenvalue weighted by Crippen LogP contribution is 2.28. The number of aryl methyl sites for hydroxylation is 1. The standard InChI is InChI=1S/C19H25N3O2/c1-14-4-7-20-19(10-14)22-8-5-15(6-9-22)21-16-11-17(23-2)13-18(12-16)24-3/h4,7,10-13,15,21H,5-6,8-9H2,1-3H3. The Morgan fingerprint density at radius 1 is 1.04 bits per heavy atom. The Morgan fingerprint density at radius 3 is 2.29 bits per heavy atom. The van der Waals surface area contributed by atoms with Crippen LogP contribution in [0.2, 0.25) is 0 Å². The van der Waals surface area contributed by atoms with Gasteiger partial charge in [0, 0.05) is 49.2 Å². The number of methoxy groups -OCH3 is 2. The zero-order chi connectivity index (χ0) is 16.9. The molecular formula is C19H25N3O2. The summed E-state index contributed by atoms with van der Waals surface area (Å²) in [7, 11) is 3.35. The largest absolute Gasteiger partial charge is 0.497 e. The number of anilines is 2. The Hall–Kier alpha value is -2.43. The number of nitrogens with one attached hydrogen (secondary N) is 1. The number of benzene rings is 1. The quantitative estimate of drug-likeness (QED) is 0.911. The van der Waals surface area contributed by atoms with Crippen LogP contribution in [-0.4, -0.2) is 38.3 Å². The van der Waals surface area contributed by atoms with E-state index in [9.17, 15) is 0 Å². The summed E-state index contributed by atoms with van der Waals surface area (Å²) in [4.78, 5) is 6.85. The molecule has 0 unspecified atom stereocenters. The van der Waals surface area contributed by atoms with Crippen LogP contribution in [0.4, 0.5) is 11.5 Å². The smallest absolute Gasteiger partial charge is 0.128 e. The highest BCUT2D eigenvalue weighted by molar-refractivity contribution is 5.54. The zero-order valence-corrected chi connectivity index (χ0v) is 14.6. The molecule has 5 heteroatoms. The monoisotopic (exact) mass is 327 g/mol. The van der Waals surface area contributed by atoms with Crippen molar-refractivity contribution >= 4 is 11.5 Å². The van der Waals surface area contributed by atoms with Gasteiger partial charge >= 0.3 is 0 Å². The highest BCUT2D eigenvalue weighted by atomic mass is 16.5. The maximum absolute atomic E-state index is 5.34. The van der Waals surface area contributed by atoms with Gasteiger partial charge in [-0.25, -0.2) is 4.98 Å². The number of hydrogen-bond donors (Lipinski definition) is 1. The highest BCUT2D eigenvalue weighted by Gasteiger charge is 2.20. The minimum Gasteiger partial charge on any atom is -0.497 e. The molecule has 0 bridgehead atoms. The minimum absolute atomic E-state index is 0.447. The number of piperidine rings is 1. The molecule has 0 saturated carbocycles. The van der Waals surface area contributed by atoms with E-state index in [-0.39, 0.29) is 0 Å². The van der Waals surface area contributed by atoms with Gasteiger partial charge in [0.1, 0.15) is 17.3 Å². The molecule has 3 rings (SSSR count). The summed E-state index contributed by atoms with van der Waals surface area (Å²) in [5.41, 5.74) is 2.29. The van der Waals surface area contributed by atoms with Crippen LogP contribution in [0.5, 0.6) is 11.5 Å². The molecular weight excluding hydrogens is 302 g/mol. The van der Waals surface area contributed by atoms with Crippen LogP contribution in [0.15, 0.2) is 36.5 Å². The van der Waals surface area contributed by atoms with Gasteiger partial charge in [-0.2, -0.15) is 0 Å². The molecule has 1 aromatic heterocycles. The second kappa shape index (κ2) is 7.43. The van der Waals surface area contributed by atoms with E-state index >= 15 is 0 Å². The van der Waals surface area contributed by atoms with E-state index < -0.39 is 0 Å². The van der Waals surface area contributed by atoms with Gasteiger partial charge < -0.3 is 19.7 Å². The zero-order valence-electron chi connectivity index (χ0n) is 14.6. The summed E-state index contributed by atoms with van der Waals surface area (Å²) in [6, 6.07) is 10.5. The normalized spacial score (nSPS) is 15.2. The molecule has 0 atom stereocenters. The lowest BCUT2D eigenvalue weighted by molar-refractivity contribution is 0.394. The van der Waals surface area contributed by atoms with Crippen LogP contribution in [0.3, 0.4) is 0 Å². The first-order chi connectivity index (χ1) is 11.7. The van der Waals surface area contributed by atoms with E-state index in [0.717, 1.165) is 48.9 Å². The lowest BCUT2D eigenvalue weighted by Crippen LogP contribution is -2.39. The Balaban J connectivity index is 1.61. The van der Waals surface area contributed by atoms with Gasteiger partial charge in [0.2, 0.25) is 0 Å². The van der Waals surface area contributed by atoms with Crippen molar-refractivity contribution < 1.29 is 9.47 Å². The number of aromatic nitrogens is 1. The van der Waals surface area contributed by atoms with Crippen LogP contribution < -0.4 is 19.7 Å². The van der Waals surface area contributed by atoms with Gasteiger partial charge in [-0.05, 0) is 37.5 Å². The average Bonchev–Trinajstić information content (AvgIpc) is 2.62. The lowest BCUT2D eigenvalue weighted by atomic mass is 10.0. The van der Waals surface area contributed by atoms with Crippen molar-refractivity contribution in [1.82, 2.24) is 4.98 Å². The molecule has 0 radical (unpaired) electrons. The van der Waals surface area contributed by atoms with Crippen LogP contribution in [-0.2, 0) is 0 Å². The summed E-state index contributed by atoms with van der Waals surface area (Å²) < 4.78 is 10.7. The number of pyridine rings is 1. The lowest BCUT2D eigenvalue weighted by Gasteiger charge is -2.33. The first-order valence-electron chi connectivity index (χ1n) is 8.35. The SMILES string of the molecule is COc1cc(NC2CCN(c3cc(C)ccn3)CC2)cc(OC)c1. The Labute approximate surface area is 143 Å². The van der Waals surface area contributed by atoms with E-state index in [0.29, 0.717) is 6.04 Å². The van der Waals surface area contributed by atoms with E-state index in [1.165, 1.54) is 5.56 Å². The van der Waals surface area contributed by atoms with E-state index in [1.807, 2.05) is 30.5 Å². The van der Waals surface area contributed by atoms with Crippen molar-refractivity contribution in [2.45, 2.75) is 25.8 Å². The topological polar surface area (TPSA) is 46.6 Å². The second-order valence-corrected chi connectivity index (χ2v) is 6.20. The van der Waals surface area contributed by atoms with E-state index in [2.05, 4.69) is 28.2 Å². The second-order valence-electron chi connectivity index (χ2n) is 6.20. The average molecular weight is 327 g/mol. The van der Waals surface area contributed by atoms with Gasteiger partial charge in [0.05, 0.1) is 14.2 Å². The molecule has 0 aliphatic carbocycles. The fourth-order valence-electron chi connectivity index (χ4n) is 3.07. The van der Waals surface area contributed by atoms with Gasteiger partial charge in [0.25, 0.3) is 0 Å². The van der Waals surface area contributed by atoms with Crippen molar-refractivity contribution in [3.05, 3.63) is 42.1 Å². The number of nitrogens with zero attached hydrogens (tertiary/aromatic N) is 2. The number of ether oxygens (including phenoxy) is 2. The summed E-state index contributed by atoms with van der Waals surface area (Å²) >= 11 is 0.